The minimum atomic E-state index is -1.04. The van der Waals surface area contributed by atoms with E-state index in [-0.39, 0.29) is 30.5 Å². The Hall–Kier alpha value is -4.06. The lowest BCUT2D eigenvalue weighted by Crippen LogP contribution is -2.35. The molecule has 2 atom stereocenters. The van der Waals surface area contributed by atoms with Gasteiger partial charge in [0.1, 0.15) is 17.6 Å². The van der Waals surface area contributed by atoms with Crippen molar-refractivity contribution >= 4 is 34.1 Å². The molecular formula is C22H22F2N8O2. The molecule has 1 unspecified atom stereocenters. The number of aromatic nitrogens is 5. The number of carbonyl (C=O) groups is 1. The Morgan fingerprint density at radius 3 is 2.94 bits per heavy atom. The number of para-hydroxylation sites is 1. The van der Waals surface area contributed by atoms with E-state index in [1.54, 1.807) is 42.3 Å². The van der Waals surface area contributed by atoms with Crippen LogP contribution in [0.25, 0.3) is 22.2 Å². The molecule has 4 aromatic rings. The van der Waals surface area contributed by atoms with Gasteiger partial charge < -0.3 is 25.7 Å². The van der Waals surface area contributed by atoms with Gasteiger partial charge in [0, 0.05) is 37.2 Å². The van der Waals surface area contributed by atoms with Crippen molar-refractivity contribution in [2.75, 3.05) is 24.3 Å². The number of alkyl halides is 1. The molecule has 1 aromatic carbocycles. The van der Waals surface area contributed by atoms with Gasteiger partial charge in [-0.25, -0.2) is 18.7 Å². The number of anilines is 3. The van der Waals surface area contributed by atoms with Crippen LogP contribution < -0.4 is 20.7 Å². The summed E-state index contributed by atoms with van der Waals surface area (Å²) >= 11 is 0. The van der Waals surface area contributed by atoms with Crippen LogP contribution in [0.1, 0.15) is 6.42 Å². The molecule has 0 spiro atoms. The summed E-state index contributed by atoms with van der Waals surface area (Å²) in [4.78, 5) is 24.0. The second-order valence-corrected chi connectivity index (χ2v) is 7.95. The number of nitrogens with zero attached hydrogens (tertiary/aromatic N) is 4. The summed E-state index contributed by atoms with van der Waals surface area (Å²) in [6.07, 6.45) is 3.47. The highest BCUT2D eigenvalue weighted by atomic mass is 19.1. The van der Waals surface area contributed by atoms with Gasteiger partial charge in [-0.15, -0.1) is 5.10 Å². The maximum absolute atomic E-state index is 14.8. The number of amides is 1. The third-order valence-corrected chi connectivity index (χ3v) is 5.60. The zero-order valence-corrected chi connectivity index (χ0v) is 18.4. The zero-order valence-electron chi connectivity index (χ0n) is 18.4. The highest BCUT2D eigenvalue weighted by Crippen LogP contribution is 2.34. The van der Waals surface area contributed by atoms with Gasteiger partial charge in [-0.3, -0.25) is 9.48 Å². The van der Waals surface area contributed by atoms with Gasteiger partial charge in [-0.05, 0) is 6.07 Å². The average molecular weight is 468 g/mol. The highest BCUT2D eigenvalue weighted by Gasteiger charge is 2.29. The minimum Gasteiger partial charge on any atom is -0.478 e. The number of aromatic amines is 1. The van der Waals surface area contributed by atoms with Crippen LogP contribution in [0.4, 0.5) is 26.1 Å². The summed E-state index contributed by atoms with van der Waals surface area (Å²) in [6.45, 7) is 0.156. The van der Waals surface area contributed by atoms with E-state index >= 15 is 0 Å². The molecule has 12 heteroatoms. The van der Waals surface area contributed by atoms with Gasteiger partial charge in [-0.2, -0.15) is 0 Å². The molecule has 10 nitrogen and oxygen atoms in total. The molecule has 1 amide bonds. The van der Waals surface area contributed by atoms with E-state index in [0.717, 1.165) is 6.20 Å². The lowest BCUT2D eigenvalue weighted by Gasteiger charge is -2.12. The van der Waals surface area contributed by atoms with E-state index in [9.17, 15) is 13.6 Å². The van der Waals surface area contributed by atoms with Crippen LogP contribution in [0, 0.1) is 5.82 Å². The monoisotopic (exact) mass is 468 g/mol. The van der Waals surface area contributed by atoms with Crippen molar-refractivity contribution in [2.24, 2.45) is 7.05 Å². The molecule has 176 valence electrons. The van der Waals surface area contributed by atoms with E-state index in [1.165, 1.54) is 7.11 Å². The molecule has 4 N–H and O–H groups in total. The lowest BCUT2D eigenvalue weighted by atomic mass is 10.1. The van der Waals surface area contributed by atoms with Gasteiger partial charge in [0.15, 0.2) is 5.82 Å². The fraction of sp³-hybridized carbons (Fsp3) is 0.273. The SMILES string of the molecule is COc1nn(C)cc1Nc1ncc(F)c(-c2c[nH]c3c(NC(=O)C4C[C@@H](F)CN4)cccc23)n1. The number of hydrogen-bond donors (Lipinski definition) is 4. The molecule has 0 aliphatic carbocycles. The van der Waals surface area contributed by atoms with Crippen molar-refractivity contribution in [3.63, 3.8) is 0 Å². The zero-order chi connectivity index (χ0) is 23.8. The van der Waals surface area contributed by atoms with Crippen LogP contribution >= 0.6 is 0 Å². The third-order valence-electron chi connectivity index (χ3n) is 5.60. The first-order chi connectivity index (χ1) is 16.4. The van der Waals surface area contributed by atoms with E-state index in [1.807, 2.05) is 0 Å². The smallest absolute Gasteiger partial charge is 0.256 e. The molecule has 4 heterocycles. The van der Waals surface area contributed by atoms with E-state index in [2.05, 4.69) is 36.0 Å². The molecule has 0 bridgehead atoms. The summed E-state index contributed by atoms with van der Waals surface area (Å²) in [6, 6.07) is 4.66. The van der Waals surface area contributed by atoms with Crippen molar-refractivity contribution in [3.8, 4) is 17.1 Å². The number of carbonyl (C=O) groups excluding carboxylic acids is 1. The van der Waals surface area contributed by atoms with Crippen LogP contribution in [0.3, 0.4) is 0 Å². The summed E-state index contributed by atoms with van der Waals surface area (Å²) in [5.74, 6) is -0.424. The number of nitrogens with one attached hydrogen (secondary N) is 4. The third kappa shape index (κ3) is 4.03. The lowest BCUT2D eigenvalue weighted by molar-refractivity contribution is -0.117. The topological polar surface area (TPSA) is 122 Å². The molecule has 0 radical (unpaired) electrons. The van der Waals surface area contributed by atoms with Gasteiger partial charge >= 0.3 is 0 Å². The molecule has 5 rings (SSSR count). The number of methoxy groups -OCH3 is 1. The summed E-state index contributed by atoms with van der Waals surface area (Å²) in [7, 11) is 3.23. The summed E-state index contributed by atoms with van der Waals surface area (Å²) in [5, 5.41) is 13.5. The average Bonchev–Trinajstić information content (AvgIpc) is 3.53. The van der Waals surface area contributed by atoms with Crippen LogP contribution in [0.5, 0.6) is 5.88 Å². The Balaban J connectivity index is 1.46. The van der Waals surface area contributed by atoms with Crippen molar-refractivity contribution < 1.29 is 18.3 Å². The Labute approximate surface area is 192 Å². The highest BCUT2D eigenvalue weighted by molar-refractivity contribution is 6.06. The molecule has 1 fully saturated rings. The normalized spacial score (nSPS) is 17.8. The number of H-pyrrole nitrogens is 1. The van der Waals surface area contributed by atoms with Gasteiger partial charge in [0.2, 0.25) is 11.9 Å². The number of fused-ring (bicyclic) bond motifs is 1. The van der Waals surface area contributed by atoms with Crippen LogP contribution in [0.15, 0.2) is 36.8 Å². The van der Waals surface area contributed by atoms with Crippen LogP contribution in [-0.2, 0) is 11.8 Å². The Morgan fingerprint density at radius 2 is 2.18 bits per heavy atom. The number of ether oxygens (including phenoxy) is 1. The first-order valence-corrected chi connectivity index (χ1v) is 10.6. The fourth-order valence-corrected chi connectivity index (χ4v) is 4.01. The molecule has 34 heavy (non-hydrogen) atoms. The number of aryl methyl sites for hydroxylation is 1. The predicted molar refractivity (Wildman–Crippen MR) is 122 cm³/mol. The van der Waals surface area contributed by atoms with Crippen LogP contribution in [0.2, 0.25) is 0 Å². The number of hydrogen-bond acceptors (Lipinski definition) is 7. The minimum absolute atomic E-state index is 0.0767. The second-order valence-electron chi connectivity index (χ2n) is 7.95. The fourth-order valence-electron chi connectivity index (χ4n) is 4.01. The van der Waals surface area contributed by atoms with Crippen molar-refractivity contribution in [1.82, 2.24) is 30.0 Å². The number of halogens is 2. The van der Waals surface area contributed by atoms with Crippen molar-refractivity contribution in [3.05, 3.63) is 42.6 Å². The largest absolute Gasteiger partial charge is 0.478 e. The summed E-state index contributed by atoms with van der Waals surface area (Å²) < 4.78 is 35.0. The Bertz CT molecular complexity index is 1370. The first-order valence-electron chi connectivity index (χ1n) is 10.6. The molecule has 1 saturated heterocycles. The molecule has 1 aliphatic heterocycles. The quantitative estimate of drug-likeness (QED) is 0.343. The maximum Gasteiger partial charge on any atom is 0.256 e. The van der Waals surface area contributed by atoms with E-state index in [4.69, 9.17) is 4.74 Å². The first kappa shape index (κ1) is 21.8. The van der Waals surface area contributed by atoms with Gasteiger partial charge in [0.25, 0.3) is 5.88 Å². The van der Waals surface area contributed by atoms with Crippen LogP contribution in [-0.4, -0.2) is 56.5 Å². The number of benzene rings is 1. The van der Waals surface area contributed by atoms with E-state index < -0.39 is 18.0 Å². The molecular weight excluding hydrogens is 446 g/mol. The molecule has 0 saturated carbocycles. The number of rotatable bonds is 6. The van der Waals surface area contributed by atoms with Gasteiger partial charge in [-0.1, -0.05) is 12.1 Å². The molecule has 3 aromatic heterocycles. The summed E-state index contributed by atoms with van der Waals surface area (Å²) in [5.41, 5.74) is 2.21. The molecule has 1 aliphatic rings. The predicted octanol–water partition coefficient (Wildman–Crippen LogP) is 2.89. The van der Waals surface area contributed by atoms with Gasteiger partial charge in [0.05, 0.1) is 36.7 Å². The second kappa shape index (κ2) is 8.71. The van der Waals surface area contributed by atoms with E-state index in [0.29, 0.717) is 33.7 Å². The maximum atomic E-state index is 14.8. The van der Waals surface area contributed by atoms with Crippen molar-refractivity contribution in [1.29, 1.82) is 0 Å². The Morgan fingerprint density at radius 1 is 1.32 bits per heavy atom. The Kier molecular flexibility index (Phi) is 5.57. The van der Waals surface area contributed by atoms with Crippen molar-refractivity contribution in [2.45, 2.75) is 18.6 Å². The standard InChI is InChI=1S/C22H22F2N8O2/c1-32-10-17(21(31-32)34-2)29-22-27-9-14(24)18(30-22)13-8-26-19-12(13)4-3-5-15(19)28-20(33)16-6-11(23)7-25-16/h3-5,8-11,16,25-26H,6-7H2,1-2H3,(H,28,33)(H,27,29,30)/t11-,16?/m1/s1.